The van der Waals surface area contributed by atoms with E-state index in [2.05, 4.69) is 0 Å². The summed E-state index contributed by atoms with van der Waals surface area (Å²) >= 11 is 6.92. The number of rotatable bonds is 5. The molecule has 0 aromatic heterocycles. The molecular weight excluding hydrogens is 370 g/mol. The van der Waals surface area contributed by atoms with E-state index in [9.17, 15) is 9.59 Å². The van der Waals surface area contributed by atoms with Crippen LogP contribution in [0.25, 0.3) is 6.08 Å². The lowest BCUT2D eigenvalue weighted by molar-refractivity contribution is -0.123. The Hall–Kier alpha value is -2.24. The summed E-state index contributed by atoms with van der Waals surface area (Å²) in [6.07, 6.45) is 1.83. The lowest BCUT2D eigenvalue weighted by Gasteiger charge is -2.12. The van der Waals surface area contributed by atoms with E-state index in [4.69, 9.17) is 16.3 Å². The molecule has 2 aromatic rings. The van der Waals surface area contributed by atoms with Crippen molar-refractivity contribution in [1.29, 1.82) is 0 Å². The average Bonchev–Trinajstić information content (AvgIpc) is 2.84. The minimum absolute atomic E-state index is 0.101. The predicted molar refractivity (Wildman–Crippen MR) is 105 cm³/mol. The third-order valence-electron chi connectivity index (χ3n) is 3.65. The van der Waals surface area contributed by atoms with E-state index in [1.165, 1.54) is 4.90 Å². The Bertz CT molecular complexity index is 862. The molecule has 134 valence electrons. The van der Waals surface area contributed by atoms with Gasteiger partial charge in [0, 0.05) is 5.02 Å². The Labute approximate surface area is 161 Å². The first-order chi connectivity index (χ1) is 12.4. The van der Waals surface area contributed by atoms with Gasteiger partial charge in [0.15, 0.2) is 0 Å². The monoisotopic (exact) mass is 387 g/mol. The lowest BCUT2D eigenvalue weighted by atomic mass is 10.2. The van der Waals surface area contributed by atoms with Crippen LogP contribution >= 0.6 is 23.4 Å². The fourth-order valence-electron chi connectivity index (χ4n) is 2.52. The van der Waals surface area contributed by atoms with Gasteiger partial charge >= 0.3 is 0 Å². The minimum atomic E-state index is -0.289. The van der Waals surface area contributed by atoms with Crippen molar-refractivity contribution in [3.05, 3.63) is 69.6 Å². The number of ether oxygens (including phenoxy) is 1. The van der Waals surface area contributed by atoms with E-state index < -0.39 is 0 Å². The van der Waals surface area contributed by atoms with Gasteiger partial charge in [0.1, 0.15) is 5.75 Å². The third-order valence-corrected chi connectivity index (χ3v) is 4.80. The number of nitrogens with zero attached hydrogens (tertiary/aromatic N) is 1. The number of carbonyl (C=O) groups is 2. The Kier molecular flexibility index (Phi) is 5.69. The maximum atomic E-state index is 12.6. The Morgan fingerprint density at radius 1 is 1.15 bits per heavy atom. The Balaban J connectivity index is 1.74. The molecule has 1 fully saturated rings. The molecule has 1 heterocycles. The molecule has 1 saturated heterocycles. The van der Waals surface area contributed by atoms with Gasteiger partial charge in [-0.2, -0.15) is 0 Å². The number of halogens is 1. The van der Waals surface area contributed by atoms with Crippen molar-refractivity contribution < 1.29 is 14.3 Å². The first kappa shape index (κ1) is 18.5. The second-order valence-electron chi connectivity index (χ2n) is 6.13. The minimum Gasteiger partial charge on any atom is -0.491 e. The highest BCUT2D eigenvalue weighted by atomic mass is 35.5. The molecule has 1 aliphatic heterocycles. The van der Waals surface area contributed by atoms with Crippen LogP contribution in [0.3, 0.4) is 0 Å². The number of amides is 2. The quantitative estimate of drug-likeness (QED) is 0.647. The van der Waals surface area contributed by atoms with Crippen LogP contribution in [0.2, 0.25) is 5.02 Å². The second-order valence-corrected chi connectivity index (χ2v) is 7.56. The molecule has 0 aliphatic carbocycles. The molecule has 2 amide bonds. The Morgan fingerprint density at radius 2 is 1.88 bits per heavy atom. The van der Waals surface area contributed by atoms with E-state index in [1.54, 1.807) is 24.3 Å². The Morgan fingerprint density at radius 3 is 2.54 bits per heavy atom. The van der Waals surface area contributed by atoms with Crippen LogP contribution in [0.15, 0.2) is 53.4 Å². The van der Waals surface area contributed by atoms with Crippen molar-refractivity contribution >= 4 is 40.6 Å². The summed E-state index contributed by atoms with van der Waals surface area (Å²) in [5, 5.41) is 0.301. The molecule has 0 N–H and O–H groups in total. The normalized spacial score (nSPS) is 16.0. The van der Waals surface area contributed by atoms with Crippen LogP contribution < -0.4 is 4.74 Å². The van der Waals surface area contributed by atoms with Crippen molar-refractivity contribution in [3.63, 3.8) is 0 Å². The summed E-state index contributed by atoms with van der Waals surface area (Å²) in [6.45, 7) is 4.14. The molecule has 6 heteroatoms. The topological polar surface area (TPSA) is 46.6 Å². The van der Waals surface area contributed by atoms with Crippen LogP contribution in [-0.2, 0) is 11.3 Å². The molecule has 0 bridgehead atoms. The van der Waals surface area contributed by atoms with E-state index in [0.717, 1.165) is 28.6 Å². The van der Waals surface area contributed by atoms with Gasteiger partial charge in [-0.15, -0.1) is 0 Å². The first-order valence-corrected chi connectivity index (χ1v) is 9.38. The summed E-state index contributed by atoms with van der Waals surface area (Å²) in [6, 6.07) is 14.6. The van der Waals surface area contributed by atoms with Crippen LogP contribution in [-0.4, -0.2) is 22.2 Å². The van der Waals surface area contributed by atoms with Crippen molar-refractivity contribution in [2.75, 3.05) is 0 Å². The van der Waals surface area contributed by atoms with Crippen LogP contribution in [0, 0.1) is 0 Å². The fourth-order valence-corrected chi connectivity index (χ4v) is 3.57. The number of benzene rings is 2. The molecule has 0 atom stereocenters. The molecule has 2 aromatic carbocycles. The highest BCUT2D eigenvalue weighted by molar-refractivity contribution is 8.18. The maximum Gasteiger partial charge on any atom is 0.293 e. The molecule has 4 nitrogen and oxygen atoms in total. The van der Waals surface area contributed by atoms with Gasteiger partial charge in [0.25, 0.3) is 11.1 Å². The van der Waals surface area contributed by atoms with Crippen LogP contribution in [0.4, 0.5) is 4.79 Å². The van der Waals surface area contributed by atoms with Crippen molar-refractivity contribution in [3.8, 4) is 5.75 Å². The van der Waals surface area contributed by atoms with Crippen molar-refractivity contribution in [2.24, 2.45) is 0 Å². The molecule has 0 radical (unpaired) electrons. The highest BCUT2D eigenvalue weighted by Crippen LogP contribution is 2.33. The summed E-state index contributed by atoms with van der Waals surface area (Å²) in [7, 11) is 0. The number of hydrogen-bond acceptors (Lipinski definition) is 4. The molecule has 3 rings (SSSR count). The van der Waals surface area contributed by atoms with Crippen molar-refractivity contribution in [1.82, 2.24) is 4.90 Å². The summed E-state index contributed by atoms with van der Waals surface area (Å²) in [5.74, 6) is 0.480. The van der Waals surface area contributed by atoms with E-state index in [-0.39, 0.29) is 23.8 Å². The number of hydrogen-bond donors (Lipinski definition) is 0. The summed E-state index contributed by atoms with van der Waals surface area (Å²) in [4.78, 5) is 26.5. The molecule has 0 spiro atoms. The number of thioether (sulfide) groups is 1. The van der Waals surface area contributed by atoms with Gasteiger partial charge in [-0.25, -0.2) is 0 Å². The summed E-state index contributed by atoms with van der Waals surface area (Å²) < 4.78 is 5.60. The summed E-state index contributed by atoms with van der Waals surface area (Å²) in [5.41, 5.74) is 1.66. The zero-order valence-corrected chi connectivity index (χ0v) is 16.0. The fraction of sp³-hybridized carbons (Fsp3) is 0.200. The van der Waals surface area contributed by atoms with Crippen molar-refractivity contribution in [2.45, 2.75) is 26.5 Å². The molecule has 0 saturated carbocycles. The largest absolute Gasteiger partial charge is 0.491 e. The first-order valence-electron chi connectivity index (χ1n) is 8.19. The molecule has 0 unspecified atom stereocenters. The highest BCUT2D eigenvalue weighted by Gasteiger charge is 2.34. The lowest BCUT2D eigenvalue weighted by Crippen LogP contribution is -2.27. The maximum absolute atomic E-state index is 12.6. The van der Waals surface area contributed by atoms with Gasteiger partial charge in [0.05, 0.1) is 17.6 Å². The average molecular weight is 388 g/mol. The van der Waals surface area contributed by atoms with Gasteiger partial charge in [-0.3, -0.25) is 14.5 Å². The number of imide groups is 1. The van der Waals surface area contributed by atoms with Crippen LogP contribution in [0.5, 0.6) is 5.75 Å². The van der Waals surface area contributed by atoms with Gasteiger partial charge in [0.2, 0.25) is 0 Å². The third kappa shape index (κ3) is 4.48. The molecule has 1 aliphatic rings. The van der Waals surface area contributed by atoms with Gasteiger partial charge < -0.3 is 4.74 Å². The number of carbonyl (C=O) groups excluding carboxylic acids is 2. The van der Waals surface area contributed by atoms with Gasteiger partial charge in [-0.1, -0.05) is 35.9 Å². The van der Waals surface area contributed by atoms with E-state index >= 15 is 0 Å². The predicted octanol–water partition coefficient (Wildman–Crippen LogP) is 5.36. The van der Waals surface area contributed by atoms with E-state index in [0.29, 0.717) is 9.93 Å². The van der Waals surface area contributed by atoms with Crippen LogP contribution in [0.1, 0.15) is 25.0 Å². The zero-order chi connectivity index (χ0) is 18.7. The van der Waals surface area contributed by atoms with Gasteiger partial charge in [-0.05, 0) is 67.1 Å². The van der Waals surface area contributed by atoms with E-state index in [1.807, 2.05) is 44.2 Å². The second kappa shape index (κ2) is 7.98. The zero-order valence-electron chi connectivity index (χ0n) is 14.4. The SMILES string of the molecule is CC(C)Oc1ccc(/C=C2\SC(=O)N(Cc3cccc(Cl)c3)C2=O)cc1. The molecule has 26 heavy (non-hydrogen) atoms. The standard InChI is InChI=1S/C20H18ClNO3S/c1-13(2)25-17-8-6-14(7-9-17)11-18-19(23)22(20(24)26-18)12-15-4-3-5-16(21)10-15/h3-11,13H,12H2,1-2H3/b18-11-. The smallest absolute Gasteiger partial charge is 0.293 e. The molecular formula is C20H18ClNO3S.